The van der Waals surface area contributed by atoms with Gasteiger partial charge < -0.3 is 16.4 Å². The minimum Gasteiger partial charge on any atom is -0.393 e. The van der Waals surface area contributed by atoms with Crippen LogP contribution < -0.4 is 16.4 Å². The van der Waals surface area contributed by atoms with E-state index >= 15 is 0 Å². The molecule has 0 spiro atoms. The maximum Gasteiger partial charge on any atom is 0.159 e. The second-order valence-corrected chi connectivity index (χ2v) is 6.36. The van der Waals surface area contributed by atoms with E-state index in [9.17, 15) is 0 Å². The Kier molecular flexibility index (Phi) is 5.26. The molecule has 0 saturated heterocycles. The number of nitrogens with one attached hydrogen (secondary N) is 2. The minimum atomic E-state index is 0.425. The van der Waals surface area contributed by atoms with Gasteiger partial charge in [0, 0.05) is 22.3 Å². The van der Waals surface area contributed by atoms with Crippen LogP contribution in [0.25, 0.3) is 0 Å². The van der Waals surface area contributed by atoms with Crippen molar-refractivity contribution in [2.24, 2.45) is 0 Å². The molecule has 0 radical (unpaired) electrons. The first-order chi connectivity index (χ1) is 12.0. The lowest BCUT2D eigenvalue weighted by Gasteiger charge is -2.14. The molecule has 0 amide bonds. The number of rotatable bonds is 5. The van der Waals surface area contributed by atoms with Gasteiger partial charge in [0.1, 0.15) is 12.0 Å². The lowest BCUT2D eigenvalue weighted by atomic mass is 10.2. The SMILES string of the molecule is Cc1ccc(Cl)cc1Nc1ncnc(NCc2ccccc2Cl)c1N. The first kappa shape index (κ1) is 17.3. The zero-order chi connectivity index (χ0) is 17.8. The predicted molar refractivity (Wildman–Crippen MR) is 105 cm³/mol. The molecule has 3 rings (SSSR count). The molecule has 0 atom stereocenters. The smallest absolute Gasteiger partial charge is 0.159 e. The molecule has 0 fully saturated rings. The fourth-order valence-electron chi connectivity index (χ4n) is 2.31. The Hall–Kier alpha value is -2.50. The lowest BCUT2D eigenvalue weighted by Crippen LogP contribution is -2.08. The van der Waals surface area contributed by atoms with Crippen LogP contribution in [0, 0.1) is 6.92 Å². The van der Waals surface area contributed by atoms with Gasteiger partial charge in [-0.2, -0.15) is 0 Å². The van der Waals surface area contributed by atoms with Crippen LogP contribution in [0.5, 0.6) is 0 Å². The standard InChI is InChI=1S/C18H17Cl2N5/c1-11-6-7-13(19)8-15(11)25-18-16(21)17(23-10-24-18)22-9-12-4-2-3-5-14(12)20/h2-8,10H,9,21H2,1H3,(H2,22,23,24,25). The van der Waals surface area contributed by atoms with Crippen molar-refractivity contribution in [3.63, 3.8) is 0 Å². The molecule has 0 aliphatic heterocycles. The van der Waals surface area contributed by atoms with Crippen LogP contribution in [-0.4, -0.2) is 9.97 Å². The number of halogens is 2. The van der Waals surface area contributed by atoms with Gasteiger partial charge in [-0.1, -0.05) is 47.5 Å². The quantitative estimate of drug-likeness (QED) is 0.584. The molecule has 5 nitrogen and oxygen atoms in total. The lowest BCUT2D eigenvalue weighted by molar-refractivity contribution is 1.09. The topological polar surface area (TPSA) is 75.9 Å². The molecule has 0 saturated carbocycles. The Morgan fingerprint density at radius 2 is 1.80 bits per heavy atom. The highest BCUT2D eigenvalue weighted by Crippen LogP contribution is 2.29. The second-order valence-electron chi connectivity index (χ2n) is 5.51. The highest BCUT2D eigenvalue weighted by atomic mass is 35.5. The summed E-state index contributed by atoms with van der Waals surface area (Å²) in [5.74, 6) is 1.05. The third kappa shape index (κ3) is 4.13. The highest BCUT2D eigenvalue weighted by molar-refractivity contribution is 6.31. The summed E-state index contributed by atoms with van der Waals surface area (Å²) < 4.78 is 0. The first-order valence-electron chi connectivity index (χ1n) is 7.65. The average Bonchev–Trinajstić information content (AvgIpc) is 2.60. The Bertz CT molecular complexity index is 898. The van der Waals surface area contributed by atoms with E-state index in [4.69, 9.17) is 28.9 Å². The van der Waals surface area contributed by atoms with E-state index < -0.39 is 0 Å². The highest BCUT2D eigenvalue weighted by Gasteiger charge is 2.10. The largest absolute Gasteiger partial charge is 0.393 e. The third-order valence-electron chi connectivity index (χ3n) is 3.74. The molecule has 0 aliphatic carbocycles. The van der Waals surface area contributed by atoms with Gasteiger partial charge in [-0.05, 0) is 36.2 Å². The number of nitrogens with two attached hydrogens (primary N) is 1. The van der Waals surface area contributed by atoms with Crippen molar-refractivity contribution in [2.45, 2.75) is 13.5 Å². The summed E-state index contributed by atoms with van der Waals surface area (Å²) in [6.45, 7) is 2.49. The zero-order valence-corrected chi connectivity index (χ0v) is 15.1. The van der Waals surface area contributed by atoms with Crippen molar-refractivity contribution in [3.05, 3.63) is 70.0 Å². The van der Waals surface area contributed by atoms with Gasteiger partial charge >= 0.3 is 0 Å². The minimum absolute atomic E-state index is 0.425. The Morgan fingerprint density at radius 1 is 1.04 bits per heavy atom. The Balaban J connectivity index is 1.80. The van der Waals surface area contributed by atoms with Gasteiger partial charge in [0.05, 0.1) is 0 Å². The summed E-state index contributed by atoms with van der Waals surface area (Å²) in [4.78, 5) is 8.43. The fraction of sp³-hybridized carbons (Fsp3) is 0.111. The molecule has 0 bridgehead atoms. The number of nitrogen functional groups attached to an aromatic ring is 1. The van der Waals surface area contributed by atoms with Gasteiger partial charge in [-0.15, -0.1) is 0 Å². The van der Waals surface area contributed by atoms with Crippen molar-refractivity contribution in [1.29, 1.82) is 0 Å². The van der Waals surface area contributed by atoms with E-state index in [0.717, 1.165) is 16.8 Å². The summed E-state index contributed by atoms with van der Waals surface area (Å²) in [5, 5.41) is 7.73. The van der Waals surface area contributed by atoms with E-state index in [0.29, 0.717) is 33.9 Å². The van der Waals surface area contributed by atoms with Crippen molar-refractivity contribution in [2.75, 3.05) is 16.4 Å². The molecular formula is C18H17Cl2N5. The molecule has 0 unspecified atom stereocenters. The zero-order valence-electron chi connectivity index (χ0n) is 13.6. The first-order valence-corrected chi connectivity index (χ1v) is 8.41. The second kappa shape index (κ2) is 7.59. The maximum atomic E-state index is 6.21. The van der Waals surface area contributed by atoms with Crippen LogP contribution in [0.2, 0.25) is 10.0 Å². The van der Waals surface area contributed by atoms with Crippen molar-refractivity contribution in [3.8, 4) is 0 Å². The predicted octanol–water partition coefficient (Wildman–Crippen LogP) is 5.03. The molecular weight excluding hydrogens is 357 g/mol. The van der Waals surface area contributed by atoms with Crippen LogP contribution in [0.4, 0.5) is 23.0 Å². The van der Waals surface area contributed by atoms with Crippen LogP contribution in [-0.2, 0) is 6.54 Å². The van der Waals surface area contributed by atoms with E-state index in [1.807, 2.05) is 49.4 Å². The Labute approximate surface area is 156 Å². The van der Waals surface area contributed by atoms with Crippen molar-refractivity contribution in [1.82, 2.24) is 9.97 Å². The van der Waals surface area contributed by atoms with Crippen LogP contribution >= 0.6 is 23.2 Å². The molecule has 3 aromatic rings. The molecule has 0 aliphatic rings. The summed E-state index contributed by atoms with van der Waals surface area (Å²) >= 11 is 12.2. The summed E-state index contributed by atoms with van der Waals surface area (Å²) in [7, 11) is 0. The number of aryl methyl sites for hydroxylation is 1. The maximum absolute atomic E-state index is 6.21. The summed E-state index contributed by atoms with van der Waals surface area (Å²) in [5.41, 5.74) is 9.47. The molecule has 7 heteroatoms. The summed E-state index contributed by atoms with van der Waals surface area (Å²) in [6.07, 6.45) is 1.45. The number of anilines is 4. The van der Waals surface area contributed by atoms with Crippen molar-refractivity contribution >= 4 is 46.2 Å². The average molecular weight is 374 g/mol. The number of benzene rings is 2. The van der Waals surface area contributed by atoms with Gasteiger partial charge in [0.15, 0.2) is 11.6 Å². The van der Waals surface area contributed by atoms with Crippen LogP contribution in [0.15, 0.2) is 48.8 Å². The molecule has 1 aromatic heterocycles. The molecule has 1 heterocycles. The number of hydrogen-bond acceptors (Lipinski definition) is 5. The molecule has 2 aromatic carbocycles. The number of hydrogen-bond donors (Lipinski definition) is 3. The summed E-state index contributed by atoms with van der Waals surface area (Å²) in [6, 6.07) is 13.2. The van der Waals surface area contributed by atoms with E-state index in [-0.39, 0.29) is 0 Å². The van der Waals surface area contributed by atoms with Gasteiger partial charge in [0.2, 0.25) is 0 Å². The number of aromatic nitrogens is 2. The Morgan fingerprint density at radius 3 is 2.60 bits per heavy atom. The monoisotopic (exact) mass is 373 g/mol. The molecule has 128 valence electrons. The van der Waals surface area contributed by atoms with E-state index in [1.54, 1.807) is 0 Å². The number of nitrogens with zero attached hydrogens (tertiary/aromatic N) is 2. The van der Waals surface area contributed by atoms with Crippen LogP contribution in [0.3, 0.4) is 0 Å². The molecule has 25 heavy (non-hydrogen) atoms. The molecule has 4 N–H and O–H groups in total. The third-order valence-corrected chi connectivity index (χ3v) is 4.34. The van der Waals surface area contributed by atoms with Gasteiger partial charge in [-0.3, -0.25) is 0 Å². The fourth-order valence-corrected chi connectivity index (χ4v) is 2.69. The van der Waals surface area contributed by atoms with Gasteiger partial charge in [0.25, 0.3) is 0 Å². The normalized spacial score (nSPS) is 10.5. The van der Waals surface area contributed by atoms with Crippen LogP contribution in [0.1, 0.15) is 11.1 Å². The van der Waals surface area contributed by atoms with E-state index in [2.05, 4.69) is 20.6 Å². The van der Waals surface area contributed by atoms with E-state index in [1.165, 1.54) is 6.33 Å². The van der Waals surface area contributed by atoms with Gasteiger partial charge in [-0.25, -0.2) is 9.97 Å². The van der Waals surface area contributed by atoms with Crippen molar-refractivity contribution < 1.29 is 0 Å².